The van der Waals surface area contributed by atoms with Crippen LogP contribution in [0.3, 0.4) is 0 Å². The fraction of sp³-hybridized carbons (Fsp3) is 0.800. The summed E-state index contributed by atoms with van der Waals surface area (Å²) in [6.45, 7) is 8.79. The van der Waals surface area contributed by atoms with E-state index in [1.54, 1.807) is 6.92 Å². The molecule has 4 rings (SSSR count). The molecule has 4 nitrogen and oxygen atoms in total. The van der Waals surface area contributed by atoms with E-state index in [9.17, 15) is 14.7 Å². The summed E-state index contributed by atoms with van der Waals surface area (Å²) in [5.74, 6) is -0.993. The van der Waals surface area contributed by atoms with Crippen LogP contribution in [0.25, 0.3) is 0 Å². The number of allylic oxidation sites excluding steroid dienone is 2. The highest BCUT2D eigenvalue weighted by atomic mass is 16.4. The molecule has 34 heavy (non-hydrogen) atoms. The van der Waals surface area contributed by atoms with Crippen LogP contribution in [0.5, 0.6) is 0 Å². The maximum Gasteiger partial charge on any atom is 0.333 e. The molecule has 4 heteroatoms. The molecule has 0 heterocycles. The van der Waals surface area contributed by atoms with Crippen molar-refractivity contribution in [3.05, 3.63) is 23.3 Å². The highest BCUT2D eigenvalue weighted by Crippen LogP contribution is 2.68. The van der Waals surface area contributed by atoms with Gasteiger partial charge < -0.3 is 10.4 Å². The van der Waals surface area contributed by atoms with Gasteiger partial charge in [-0.15, -0.1) is 0 Å². The van der Waals surface area contributed by atoms with Gasteiger partial charge >= 0.3 is 5.97 Å². The summed E-state index contributed by atoms with van der Waals surface area (Å²) in [7, 11) is 0. The fourth-order valence-corrected chi connectivity index (χ4v) is 8.68. The van der Waals surface area contributed by atoms with Crippen LogP contribution in [0.1, 0.15) is 124 Å². The first-order valence-corrected chi connectivity index (χ1v) is 14.0. The predicted molar refractivity (Wildman–Crippen MR) is 137 cm³/mol. The molecular weight excluding hydrogens is 422 g/mol. The highest BCUT2D eigenvalue weighted by Gasteiger charge is 2.64. The van der Waals surface area contributed by atoms with E-state index in [-0.39, 0.29) is 22.2 Å². The van der Waals surface area contributed by atoms with Gasteiger partial charge in [0.05, 0.1) is 11.6 Å². The third-order valence-corrected chi connectivity index (χ3v) is 10.6. The average Bonchev–Trinajstić information content (AvgIpc) is 2.79. The number of carboxylic acid groups (broad SMARTS) is 1. The van der Waals surface area contributed by atoms with Crippen molar-refractivity contribution in [3.63, 3.8) is 0 Å². The molecule has 0 aromatic rings. The number of hydrogen-bond acceptors (Lipinski definition) is 2. The van der Waals surface area contributed by atoms with E-state index in [4.69, 9.17) is 0 Å². The van der Waals surface area contributed by atoms with E-state index in [2.05, 4.69) is 32.2 Å². The Kier molecular flexibility index (Phi) is 7.10. The molecular formula is C30H47NO3. The van der Waals surface area contributed by atoms with Gasteiger partial charge in [-0.05, 0) is 66.4 Å². The van der Waals surface area contributed by atoms with E-state index in [1.807, 2.05) is 6.08 Å². The largest absolute Gasteiger partial charge is 0.478 e. The molecule has 0 radical (unpaired) electrons. The summed E-state index contributed by atoms with van der Waals surface area (Å²) in [6.07, 6.45) is 22.2. The number of aliphatic carboxylic acids is 1. The zero-order valence-corrected chi connectivity index (χ0v) is 22.1. The lowest BCUT2D eigenvalue weighted by Gasteiger charge is -2.64. The number of amides is 1. The summed E-state index contributed by atoms with van der Waals surface area (Å²) in [5.41, 5.74) is 1.18. The standard InChI is InChI=1S/C30H47NO3/c1-22(32)31-25-24(26(33)34)20-23(27(2)14-8-5-9-15-27)21-30(25,28(3)16-10-6-11-17-28)29(4)18-12-7-13-19-29/h20-21,25H,5-19H2,1-4H3,(H,31,32)(H,33,34). The van der Waals surface area contributed by atoms with E-state index in [0.717, 1.165) is 38.5 Å². The van der Waals surface area contributed by atoms with Crippen molar-refractivity contribution in [3.8, 4) is 0 Å². The van der Waals surface area contributed by atoms with Gasteiger partial charge in [0.25, 0.3) is 0 Å². The molecule has 0 aliphatic heterocycles. The molecule has 3 saturated carbocycles. The van der Waals surface area contributed by atoms with Crippen LogP contribution in [0, 0.1) is 21.7 Å². The Morgan fingerprint density at radius 1 is 0.794 bits per heavy atom. The van der Waals surface area contributed by atoms with Gasteiger partial charge in [-0.3, -0.25) is 4.79 Å². The lowest BCUT2D eigenvalue weighted by molar-refractivity contribution is -0.137. The van der Waals surface area contributed by atoms with Crippen LogP contribution >= 0.6 is 0 Å². The summed E-state index contributed by atoms with van der Waals surface area (Å²) < 4.78 is 0. The summed E-state index contributed by atoms with van der Waals surface area (Å²) in [4.78, 5) is 25.5. The predicted octanol–water partition coefficient (Wildman–Crippen LogP) is 7.34. The topological polar surface area (TPSA) is 66.4 Å². The fourth-order valence-electron chi connectivity index (χ4n) is 8.68. The van der Waals surface area contributed by atoms with Gasteiger partial charge in [0.2, 0.25) is 5.91 Å². The molecule has 0 aromatic carbocycles. The maximum absolute atomic E-state index is 12.9. The first-order valence-electron chi connectivity index (χ1n) is 14.0. The van der Waals surface area contributed by atoms with Crippen molar-refractivity contribution >= 4 is 11.9 Å². The first-order chi connectivity index (χ1) is 16.1. The summed E-state index contributed by atoms with van der Waals surface area (Å²) >= 11 is 0. The second kappa shape index (κ2) is 9.47. The zero-order valence-electron chi connectivity index (χ0n) is 22.1. The molecule has 0 aromatic heterocycles. The van der Waals surface area contributed by atoms with Gasteiger partial charge in [0, 0.05) is 12.3 Å². The first kappa shape index (κ1) is 25.5. The molecule has 4 aliphatic carbocycles. The zero-order chi connectivity index (χ0) is 24.6. The summed E-state index contributed by atoms with van der Waals surface area (Å²) in [5, 5.41) is 13.8. The lowest BCUT2D eigenvalue weighted by atomic mass is 9.40. The molecule has 2 N–H and O–H groups in total. The molecule has 190 valence electrons. The second-order valence-electron chi connectivity index (χ2n) is 12.9. The van der Waals surface area contributed by atoms with Gasteiger partial charge in [-0.2, -0.15) is 0 Å². The molecule has 4 aliphatic rings. The number of carboxylic acids is 1. The third-order valence-electron chi connectivity index (χ3n) is 10.6. The quantitative estimate of drug-likeness (QED) is 0.442. The van der Waals surface area contributed by atoms with Crippen LogP contribution in [-0.4, -0.2) is 23.0 Å². The summed E-state index contributed by atoms with van der Waals surface area (Å²) in [6, 6.07) is -0.482. The van der Waals surface area contributed by atoms with Crippen LogP contribution in [0.4, 0.5) is 0 Å². The molecule has 0 spiro atoms. The van der Waals surface area contributed by atoms with Crippen molar-refractivity contribution in [2.75, 3.05) is 0 Å². The smallest absolute Gasteiger partial charge is 0.333 e. The lowest BCUT2D eigenvalue weighted by Crippen LogP contribution is -2.65. The Bertz CT molecular complexity index is 824. The number of hydrogen-bond donors (Lipinski definition) is 2. The van der Waals surface area contributed by atoms with Crippen molar-refractivity contribution < 1.29 is 14.7 Å². The van der Waals surface area contributed by atoms with E-state index >= 15 is 0 Å². The molecule has 1 atom stereocenters. The van der Waals surface area contributed by atoms with Gasteiger partial charge in [-0.1, -0.05) is 84.6 Å². The van der Waals surface area contributed by atoms with E-state index in [0.29, 0.717) is 5.57 Å². The van der Waals surface area contributed by atoms with Gasteiger partial charge in [0.15, 0.2) is 0 Å². The van der Waals surface area contributed by atoms with Crippen molar-refractivity contribution in [2.45, 2.75) is 130 Å². The Morgan fingerprint density at radius 3 is 1.65 bits per heavy atom. The minimum atomic E-state index is -0.869. The van der Waals surface area contributed by atoms with Gasteiger partial charge in [-0.25, -0.2) is 4.79 Å². The van der Waals surface area contributed by atoms with Gasteiger partial charge in [0.1, 0.15) is 0 Å². The average molecular weight is 470 g/mol. The third kappa shape index (κ3) is 4.17. The van der Waals surface area contributed by atoms with Crippen molar-refractivity contribution in [2.24, 2.45) is 21.7 Å². The minimum absolute atomic E-state index is 0.0153. The normalized spacial score (nSPS) is 29.9. The number of carbonyl (C=O) groups excluding carboxylic acids is 1. The minimum Gasteiger partial charge on any atom is -0.478 e. The SMILES string of the molecule is CC(=O)NC1C(C(=O)O)=CC(C2(C)CCCCC2)=CC1(C1(C)CCCCC1)C1(C)CCCCC1. The Balaban J connectivity index is 2.01. The van der Waals surface area contributed by atoms with Crippen molar-refractivity contribution in [1.29, 1.82) is 0 Å². The molecule has 1 amide bonds. The second-order valence-corrected chi connectivity index (χ2v) is 12.9. The Hall–Kier alpha value is -1.58. The van der Waals surface area contributed by atoms with Crippen LogP contribution in [0.15, 0.2) is 23.3 Å². The number of rotatable bonds is 5. The maximum atomic E-state index is 12.9. The van der Waals surface area contributed by atoms with E-state index in [1.165, 1.54) is 63.4 Å². The monoisotopic (exact) mass is 469 g/mol. The molecule has 1 unspecified atom stereocenters. The van der Waals surface area contributed by atoms with Crippen LogP contribution in [0.2, 0.25) is 0 Å². The molecule has 0 saturated heterocycles. The van der Waals surface area contributed by atoms with Crippen molar-refractivity contribution in [1.82, 2.24) is 5.32 Å². The Labute approximate surface area is 207 Å². The number of nitrogens with one attached hydrogen (secondary N) is 1. The van der Waals surface area contributed by atoms with Crippen LogP contribution in [-0.2, 0) is 9.59 Å². The van der Waals surface area contributed by atoms with Crippen LogP contribution < -0.4 is 5.32 Å². The number of carbonyl (C=O) groups is 2. The Morgan fingerprint density at radius 2 is 1.24 bits per heavy atom. The molecule has 0 bridgehead atoms. The van der Waals surface area contributed by atoms with E-state index < -0.39 is 17.4 Å². The highest BCUT2D eigenvalue weighted by molar-refractivity contribution is 5.91. The molecule has 3 fully saturated rings.